The Balaban J connectivity index is 1.84. The predicted octanol–water partition coefficient (Wildman–Crippen LogP) is 3.73. The van der Waals surface area contributed by atoms with Crippen molar-refractivity contribution in [1.82, 2.24) is 9.88 Å². The normalized spacial score (nSPS) is 12.6. The van der Waals surface area contributed by atoms with E-state index < -0.39 is 6.04 Å². The van der Waals surface area contributed by atoms with Crippen LogP contribution >= 0.6 is 22.9 Å². The van der Waals surface area contributed by atoms with Crippen molar-refractivity contribution in [2.75, 3.05) is 0 Å². The largest absolute Gasteiger partial charge is 0.345 e. The van der Waals surface area contributed by atoms with E-state index in [0.717, 1.165) is 5.56 Å². The van der Waals surface area contributed by atoms with Crippen molar-refractivity contribution in [3.05, 3.63) is 87.1 Å². The van der Waals surface area contributed by atoms with Gasteiger partial charge in [-0.3, -0.25) is 9.59 Å². The fraction of sp³-hybridized carbons (Fsp3) is 0.150. The molecule has 0 saturated heterocycles. The number of thiazole rings is 1. The van der Waals surface area contributed by atoms with Crippen molar-refractivity contribution < 1.29 is 9.59 Å². The van der Waals surface area contributed by atoms with Crippen LogP contribution < -0.4 is 10.1 Å². The Morgan fingerprint density at radius 3 is 2.52 bits per heavy atom. The van der Waals surface area contributed by atoms with E-state index in [0.29, 0.717) is 15.4 Å². The topological polar surface area (TPSA) is 63.5 Å². The van der Waals surface area contributed by atoms with Crippen LogP contribution in [0.3, 0.4) is 0 Å². The maximum Gasteiger partial charge on any atom is 0.253 e. The fourth-order valence-corrected chi connectivity index (χ4v) is 3.55. The van der Waals surface area contributed by atoms with Crippen LogP contribution in [0.25, 0.3) is 0 Å². The van der Waals surface area contributed by atoms with Gasteiger partial charge in [0, 0.05) is 18.6 Å². The molecular formula is C20H18ClN3O2S. The van der Waals surface area contributed by atoms with Crippen molar-refractivity contribution in [1.29, 1.82) is 0 Å². The first kappa shape index (κ1) is 19.1. The summed E-state index contributed by atoms with van der Waals surface area (Å²) in [5, 5.41) is 5.13. The molecule has 3 rings (SSSR count). The average molecular weight is 400 g/mol. The molecule has 7 heteroatoms. The van der Waals surface area contributed by atoms with E-state index in [9.17, 15) is 9.59 Å². The highest BCUT2D eigenvalue weighted by atomic mass is 35.5. The highest BCUT2D eigenvalue weighted by molar-refractivity contribution is 7.07. The Labute approximate surface area is 166 Å². The smallest absolute Gasteiger partial charge is 0.253 e. The van der Waals surface area contributed by atoms with E-state index in [4.69, 9.17) is 11.6 Å². The second-order valence-electron chi connectivity index (χ2n) is 5.92. The summed E-state index contributed by atoms with van der Waals surface area (Å²) >= 11 is 7.50. The first-order valence-corrected chi connectivity index (χ1v) is 9.58. The van der Waals surface area contributed by atoms with Crippen molar-refractivity contribution in [2.24, 2.45) is 12.0 Å². The average Bonchev–Trinajstić information content (AvgIpc) is 3.06. The zero-order valence-electron chi connectivity index (χ0n) is 14.6. The maximum absolute atomic E-state index is 12.7. The summed E-state index contributed by atoms with van der Waals surface area (Å²) in [6, 6.07) is 15.7. The van der Waals surface area contributed by atoms with Gasteiger partial charge in [0.15, 0.2) is 4.80 Å². The molecule has 138 valence electrons. The number of benzene rings is 2. The van der Waals surface area contributed by atoms with Crippen LogP contribution in [-0.4, -0.2) is 16.4 Å². The maximum atomic E-state index is 12.7. The third-order valence-electron chi connectivity index (χ3n) is 3.98. The molecule has 3 aromatic rings. The summed E-state index contributed by atoms with van der Waals surface area (Å²) in [7, 11) is 1.83. The number of halogens is 1. The number of aromatic nitrogens is 1. The molecule has 0 aliphatic rings. The minimum Gasteiger partial charge on any atom is -0.345 e. The number of amides is 2. The lowest BCUT2D eigenvalue weighted by molar-refractivity contribution is -0.118. The zero-order chi connectivity index (χ0) is 19.2. The van der Waals surface area contributed by atoms with Crippen LogP contribution in [0.15, 0.2) is 71.2 Å². The number of nitrogens with zero attached hydrogens (tertiary/aromatic N) is 2. The van der Waals surface area contributed by atoms with E-state index in [1.807, 2.05) is 49.0 Å². The lowest BCUT2D eigenvalue weighted by atomic mass is 10.0. The van der Waals surface area contributed by atoms with Crippen LogP contribution in [0.2, 0.25) is 5.02 Å². The van der Waals surface area contributed by atoms with E-state index >= 15 is 0 Å². The molecule has 5 nitrogen and oxygen atoms in total. The summed E-state index contributed by atoms with van der Waals surface area (Å²) < 4.78 is 1.78. The van der Waals surface area contributed by atoms with Crippen LogP contribution in [0.5, 0.6) is 0 Å². The zero-order valence-corrected chi connectivity index (χ0v) is 16.2. The number of aryl methyl sites for hydroxylation is 1. The molecule has 2 amide bonds. The summed E-state index contributed by atoms with van der Waals surface area (Å²) in [4.78, 5) is 29.9. The molecule has 1 atom stereocenters. The SMILES string of the molecule is Cn1ccsc1=NC(=O)CC(NC(=O)c1ccccc1Cl)c1ccccc1. The third-order valence-corrected chi connectivity index (χ3v) is 5.16. The molecule has 1 heterocycles. The van der Waals surface area contributed by atoms with E-state index in [1.165, 1.54) is 11.3 Å². The molecule has 1 aromatic heterocycles. The van der Waals surface area contributed by atoms with Crippen molar-refractivity contribution >= 4 is 34.8 Å². The molecule has 2 aromatic carbocycles. The van der Waals surface area contributed by atoms with Gasteiger partial charge in [-0.05, 0) is 17.7 Å². The van der Waals surface area contributed by atoms with Crippen LogP contribution in [-0.2, 0) is 11.8 Å². The summed E-state index contributed by atoms with van der Waals surface area (Å²) in [6.45, 7) is 0. The van der Waals surface area contributed by atoms with Crippen LogP contribution in [0.4, 0.5) is 0 Å². The molecule has 0 spiro atoms. The minimum atomic E-state index is -0.503. The Kier molecular flexibility index (Phi) is 6.21. The highest BCUT2D eigenvalue weighted by Gasteiger charge is 2.20. The summed E-state index contributed by atoms with van der Waals surface area (Å²) in [6.07, 6.45) is 1.89. The van der Waals surface area contributed by atoms with E-state index in [2.05, 4.69) is 10.3 Å². The molecule has 0 radical (unpaired) electrons. The lowest BCUT2D eigenvalue weighted by Gasteiger charge is -2.18. The molecule has 0 aliphatic heterocycles. The standard InChI is InChI=1S/C20H18ClN3O2S/c1-24-11-12-27-20(24)23-18(25)13-17(14-7-3-2-4-8-14)22-19(26)15-9-5-6-10-16(15)21/h2-12,17H,13H2,1H3,(H,22,26). The Morgan fingerprint density at radius 2 is 1.85 bits per heavy atom. The Morgan fingerprint density at radius 1 is 1.15 bits per heavy atom. The quantitative estimate of drug-likeness (QED) is 0.710. The lowest BCUT2D eigenvalue weighted by Crippen LogP contribution is -2.30. The van der Waals surface area contributed by atoms with E-state index in [-0.39, 0.29) is 18.2 Å². The first-order valence-electron chi connectivity index (χ1n) is 8.32. The third kappa shape index (κ3) is 4.93. The highest BCUT2D eigenvalue weighted by Crippen LogP contribution is 2.20. The van der Waals surface area contributed by atoms with Gasteiger partial charge >= 0.3 is 0 Å². The number of hydrogen-bond acceptors (Lipinski definition) is 3. The van der Waals surface area contributed by atoms with Gasteiger partial charge in [-0.25, -0.2) is 0 Å². The predicted molar refractivity (Wildman–Crippen MR) is 107 cm³/mol. The fourth-order valence-electron chi connectivity index (χ4n) is 2.58. The van der Waals surface area contributed by atoms with Crippen LogP contribution in [0.1, 0.15) is 28.4 Å². The molecule has 1 N–H and O–H groups in total. The Bertz CT molecular complexity index is 1010. The molecule has 0 bridgehead atoms. The van der Waals surface area contributed by atoms with Gasteiger partial charge in [-0.2, -0.15) is 4.99 Å². The monoisotopic (exact) mass is 399 g/mol. The molecular weight excluding hydrogens is 382 g/mol. The molecule has 27 heavy (non-hydrogen) atoms. The van der Waals surface area contributed by atoms with Gasteiger partial charge in [-0.15, -0.1) is 11.3 Å². The molecule has 0 fully saturated rings. The van der Waals surface area contributed by atoms with Gasteiger partial charge in [0.2, 0.25) is 0 Å². The number of carbonyl (C=O) groups excluding carboxylic acids is 2. The summed E-state index contributed by atoms with van der Waals surface area (Å²) in [5.74, 6) is -0.634. The minimum absolute atomic E-state index is 0.0537. The summed E-state index contributed by atoms with van der Waals surface area (Å²) in [5.41, 5.74) is 1.20. The van der Waals surface area contributed by atoms with Gasteiger partial charge in [0.05, 0.1) is 23.0 Å². The van der Waals surface area contributed by atoms with Gasteiger partial charge in [0.1, 0.15) is 0 Å². The second kappa shape index (κ2) is 8.79. The van der Waals surface area contributed by atoms with Crippen molar-refractivity contribution in [3.63, 3.8) is 0 Å². The van der Waals surface area contributed by atoms with Crippen LogP contribution in [0, 0.1) is 0 Å². The number of rotatable bonds is 5. The van der Waals surface area contributed by atoms with Gasteiger partial charge < -0.3 is 9.88 Å². The number of nitrogens with one attached hydrogen (secondary N) is 1. The number of carbonyl (C=O) groups is 2. The van der Waals surface area contributed by atoms with Crippen molar-refractivity contribution in [3.8, 4) is 0 Å². The molecule has 0 aliphatic carbocycles. The molecule has 0 saturated carbocycles. The van der Waals surface area contributed by atoms with Gasteiger partial charge in [-0.1, -0.05) is 54.1 Å². The Hall–Kier alpha value is -2.70. The number of hydrogen-bond donors (Lipinski definition) is 1. The van der Waals surface area contributed by atoms with Crippen molar-refractivity contribution in [2.45, 2.75) is 12.5 Å². The second-order valence-corrected chi connectivity index (χ2v) is 7.20. The van der Waals surface area contributed by atoms with Gasteiger partial charge in [0.25, 0.3) is 11.8 Å². The molecule has 1 unspecified atom stereocenters. The van der Waals surface area contributed by atoms with E-state index in [1.54, 1.807) is 28.8 Å². The first-order chi connectivity index (χ1) is 13.0.